The van der Waals surface area contributed by atoms with Crippen LogP contribution < -0.4 is 10.6 Å². The molecule has 3 amide bonds. The average molecular weight is 245 g/mol. The van der Waals surface area contributed by atoms with E-state index in [1.807, 2.05) is 0 Å². The molecule has 0 radical (unpaired) electrons. The molecule has 0 aliphatic carbocycles. The summed E-state index contributed by atoms with van der Waals surface area (Å²) in [5, 5.41) is 13.6. The minimum Gasteiger partial charge on any atom is -0.481 e. The van der Waals surface area contributed by atoms with Crippen LogP contribution in [0.5, 0.6) is 0 Å². The zero-order chi connectivity index (χ0) is 13.6. The summed E-state index contributed by atoms with van der Waals surface area (Å²) in [7, 11) is 3.16. The molecule has 17 heavy (non-hydrogen) atoms. The molecule has 0 saturated carbocycles. The van der Waals surface area contributed by atoms with E-state index < -0.39 is 17.4 Å². The van der Waals surface area contributed by atoms with E-state index in [1.165, 1.54) is 18.7 Å². The summed E-state index contributed by atoms with van der Waals surface area (Å²) in [5.41, 5.74) is -1.04. The highest BCUT2D eigenvalue weighted by molar-refractivity contribution is 5.84. The molecule has 0 aliphatic rings. The number of carboxylic acid groups (broad SMARTS) is 1. The minimum atomic E-state index is -1.04. The normalized spacial score (nSPS) is 10.6. The Bertz CT molecular complexity index is 313. The number of hydrogen-bond acceptors (Lipinski definition) is 3. The lowest BCUT2D eigenvalue weighted by Crippen LogP contribution is -2.46. The highest BCUT2D eigenvalue weighted by Gasteiger charge is 2.27. The molecule has 0 rings (SSSR count). The number of likely N-dealkylation sites (N-methyl/N-ethyl adjacent to an activating group) is 1. The summed E-state index contributed by atoms with van der Waals surface area (Å²) in [6.45, 7) is 2.87. The molecule has 98 valence electrons. The van der Waals surface area contributed by atoms with Crippen LogP contribution in [0, 0.1) is 5.41 Å². The molecule has 3 N–H and O–H groups in total. The second-order valence-corrected chi connectivity index (χ2v) is 4.51. The fraction of sp³-hybridized carbons (Fsp3) is 0.700. The van der Waals surface area contributed by atoms with Crippen LogP contribution in [-0.2, 0) is 9.59 Å². The molecule has 7 nitrogen and oxygen atoms in total. The molecular formula is C10H19N3O4. The number of carbonyl (C=O) groups is 3. The van der Waals surface area contributed by atoms with E-state index in [1.54, 1.807) is 14.1 Å². The van der Waals surface area contributed by atoms with Gasteiger partial charge in [-0.3, -0.25) is 9.59 Å². The van der Waals surface area contributed by atoms with Crippen molar-refractivity contribution >= 4 is 17.9 Å². The first kappa shape index (κ1) is 15.2. The zero-order valence-corrected chi connectivity index (χ0v) is 10.5. The SMILES string of the molecule is CN(C)C(=O)CNC(=O)NCC(C)(C)C(=O)O. The molecule has 0 bridgehead atoms. The third kappa shape index (κ3) is 5.74. The van der Waals surface area contributed by atoms with Crippen LogP contribution in [0.4, 0.5) is 4.79 Å². The van der Waals surface area contributed by atoms with Gasteiger partial charge in [0, 0.05) is 20.6 Å². The van der Waals surface area contributed by atoms with Gasteiger partial charge in [-0.25, -0.2) is 4.79 Å². The maximum Gasteiger partial charge on any atom is 0.315 e. The van der Waals surface area contributed by atoms with Gasteiger partial charge in [-0.15, -0.1) is 0 Å². The monoisotopic (exact) mass is 245 g/mol. The topological polar surface area (TPSA) is 98.7 Å². The van der Waals surface area contributed by atoms with Gasteiger partial charge in [0.2, 0.25) is 5.91 Å². The summed E-state index contributed by atoms with van der Waals surface area (Å²) < 4.78 is 0. The molecular weight excluding hydrogens is 226 g/mol. The van der Waals surface area contributed by atoms with Crippen molar-refractivity contribution in [2.45, 2.75) is 13.8 Å². The number of nitrogens with one attached hydrogen (secondary N) is 2. The van der Waals surface area contributed by atoms with Crippen LogP contribution in [0.3, 0.4) is 0 Å². The summed E-state index contributed by atoms with van der Waals surface area (Å²) >= 11 is 0. The Kier molecular flexibility index (Phi) is 5.43. The Hall–Kier alpha value is -1.79. The summed E-state index contributed by atoms with van der Waals surface area (Å²) in [6.07, 6.45) is 0. The number of carboxylic acids is 1. The van der Waals surface area contributed by atoms with Crippen molar-refractivity contribution in [1.29, 1.82) is 0 Å². The number of aliphatic carboxylic acids is 1. The van der Waals surface area contributed by atoms with E-state index in [4.69, 9.17) is 5.11 Å². The number of carbonyl (C=O) groups excluding carboxylic acids is 2. The number of nitrogens with zero attached hydrogens (tertiary/aromatic N) is 1. The molecule has 7 heteroatoms. The summed E-state index contributed by atoms with van der Waals surface area (Å²) in [4.78, 5) is 34.5. The standard InChI is InChI=1S/C10H19N3O4/c1-10(2,8(15)16)6-12-9(17)11-5-7(14)13(3)4/h5-6H2,1-4H3,(H,15,16)(H2,11,12,17). The lowest BCUT2D eigenvalue weighted by atomic mass is 9.94. The number of hydrogen-bond donors (Lipinski definition) is 3. The fourth-order valence-corrected chi connectivity index (χ4v) is 0.753. The van der Waals surface area contributed by atoms with Crippen molar-refractivity contribution in [3.8, 4) is 0 Å². The molecule has 0 heterocycles. The van der Waals surface area contributed by atoms with Crippen molar-refractivity contribution in [2.24, 2.45) is 5.41 Å². The lowest BCUT2D eigenvalue weighted by Gasteiger charge is -2.19. The van der Waals surface area contributed by atoms with E-state index in [-0.39, 0.29) is 19.0 Å². The zero-order valence-electron chi connectivity index (χ0n) is 10.5. The Morgan fingerprint density at radius 3 is 2.12 bits per heavy atom. The highest BCUT2D eigenvalue weighted by atomic mass is 16.4. The van der Waals surface area contributed by atoms with E-state index >= 15 is 0 Å². The Morgan fingerprint density at radius 1 is 1.18 bits per heavy atom. The number of amides is 3. The molecule has 0 aromatic heterocycles. The summed E-state index contributed by atoms with van der Waals surface area (Å²) in [5.74, 6) is -1.24. The van der Waals surface area contributed by atoms with Crippen LogP contribution in [-0.4, -0.2) is 55.1 Å². The predicted molar refractivity (Wildman–Crippen MR) is 61.5 cm³/mol. The first-order chi connectivity index (χ1) is 7.66. The van der Waals surface area contributed by atoms with Gasteiger partial charge < -0.3 is 20.6 Å². The molecule has 0 saturated heterocycles. The molecule has 0 aromatic carbocycles. The van der Waals surface area contributed by atoms with Crippen molar-refractivity contribution in [3.05, 3.63) is 0 Å². The summed E-state index contributed by atoms with van der Waals surface area (Å²) in [6, 6.07) is -0.561. The van der Waals surface area contributed by atoms with Gasteiger partial charge in [0.25, 0.3) is 0 Å². The maximum atomic E-state index is 11.3. The second kappa shape index (κ2) is 6.07. The third-order valence-electron chi connectivity index (χ3n) is 2.17. The van der Waals surface area contributed by atoms with E-state index in [9.17, 15) is 14.4 Å². The van der Waals surface area contributed by atoms with E-state index in [2.05, 4.69) is 10.6 Å². The fourth-order valence-electron chi connectivity index (χ4n) is 0.753. The van der Waals surface area contributed by atoms with Crippen molar-refractivity contribution in [1.82, 2.24) is 15.5 Å². The smallest absolute Gasteiger partial charge is 0.315 e. The maximum absolute atomic E-state index is 11.3. The van der Waals surface area contributed by atoms with E-state index in [0.29, 0.717) is 0 Å². The average Bonchev–Trinajstić information content (AvgIpc) is 2.22. The van der Waals surface area contributed by atoms with Gasteiger partial charge in [0.15, 0.2) is 0 Å². The van der Waals surface area contributed by atoms with Gasteiger partial charge in [-0.2, -0.15) is 0 Å². The second-order valence-electron chi connectivity index (χ2n) is 4.51. The van der Waals surface area contributed by atoms with Gasteiger partial charge in [0.05, 0.1) is 12.0 Å². The quantitative estimate of drug-likeness (QED) is 0.607. The minimum absolute atomic E-state index is 0.00960. The van der Waals surface area contributed by atoms with Crippen LogP contribution >= 0.6 is 0 Å². The molecule has 0 unspecified atom stereocenters. The largest absolute Gasteiger partial charge is 0.481 e. The third-order valence-corrected chi connectivity index (χ3v) is 2.17. The van der Waals surface area contributed by atoms with Gasteiger partial charge in [-0.05, 0) is 13.8 Å². The van der Waals surface area contributed by atoms with Crippen LogP contribution in [0.1, 0.15) is 13.8 Å². The first-order valence-corrected chi connectivity index (χ1v) is 5.12. The predicted octanol–water partition coefficient (Wildman–Crippen LogP) is -0.515. The first-order valence-electron chi connectivity index (χ1n) is 5.12. The van der Waals surface area contributed by atoms with E-state index in [0.717, 1.165) is 0 Å². The number of rotatable bonds is 5. The molecule has 0 spiro atoms. The Balaban J connectivity index is 3.97. The Morgan fingerprint density at radius 2 is 1.71 bits per heavy atom. The molecule has 0 aliphatic heterocycles. The van der Waals surface area contributed by atoms with Gasteiger partial charge >= 0.3 is 12.0 Å². The highest BCUT2D eigenvalue weighted by Crippen LogP contribution is 2.12. The lowest BCUT2D eigenvalue weighted by molar-refractivity contribution is -0.146. The van der Waals surface area contributed by atoms with Crippen LogP contribution in [0.2, 0.25) is 0 Å². The molecule has 0 fully saturated rings. The van der Waals surface area contributed by atoms with Crippen molar-refractivity contribution < 1.29 is 19.5 Å². The van der Waals surface area contributed by atoms with Crippen molar-refractivity contribution in [3.63, 3.8) is 0 Å². The van der Waals surface area contributed by atoms with Crippen LogP contribution in [0.25, 0.3) is 0 Å². The molecule has 0 aromatic rings. The number of urea groups is 1. The van der Waals surface area contributed by atoms with Crippen LogP contribution in [0.15, 0.2) is 0 Å². The molecule has 0 atom stereocenters. The van der Waals surface area contributed by atoms with Gasteiger partial charge in [0.1, 0.15) is 0 Å². The Labute approximate surface area is 100 Å². The van der Waals surface area contributed by atoms with Crippen molar-refractivity contribution in [2.75, 3.05) is 27.2 Å². The van der Waals surface area contributed by atoms with Gasteiger partial charge in [-0.1, -0.05) is 0 Å².